The van der Waals surface area contributed by atoms with Crippen LogP contribution in [0, 0.1) is 6.92 Å². The molecular formula is C15H23NS. The minimum atomic E-state index is 0.647. The molecule has 0 saturated heterocycles. The highest BCUT2D eigenvalue weighted by Gasteiger charge is 2.30. The van der Waals surface area contributed by atoms with Gasteiger partial charge in [-0.2, -0.15) is 11.8 Å². The average molecular weight is 249 g/mol. The van der Waals surface area contributed by atoms with Gasteiger partial charge in [0.1, 0.15) is 0 Å². The molecule has 1 N–H and O–H groups in total. The molecule has 1 aromatic carbocycles. The highest BCUT2D eigenvalue weighted by Crippen LogP contribution is 2.37. The number of nitrogens with one attached hydrogen (secondary N) is 1. The number of aryl methyl sites for hydroxylation is 1. The third-order valence-electron chi connectivity index (χ3n) is 3.62. The largest absolute Gasteiger partial charge is 0.311 e. The van der Waals surface area contributed by atoms with Gasteiger partial charge in [-0.25, -0.2) is 0 Å². The van der Waals surface area contributed by atoms with Crippen molar-refractivity contribution in [2.24, 2.45) is 0 Å². The number of thioether (sulfide) groups is 1. The molecule has 0 spiro atoms. The number of benzene rings is 1. The lowest BCUT2D eigenvalue weighted by Crippen LogP contribution is -2.45. The molecule has 1 aliphatic carbocycles. The van der Waals surface area contributed by atoms with Crippen molar-refractivity contribution in [3.8, 4) is 0 Å². The SMILES string of the molecule is CSCC(C)NC1CC(c2ccc(C)cc2)C1. The Morgan fingerprint density at radius 1 is 1.29 bits per heavy atom. The predicted octanol–water partition coefficient (Wildman–Crippen LogP) is 3.58. The van der Waals surface area contributed by atoms with Crippen molar-refractivity contribution in [1.82, 2.24) is 5.32 Å². The van der Waals surface area contributed by atoms with Crippen molar-refractivity contribution in [1.29, 1.82) is 0 Å². The Hall–Kier alpha value is -0.470. The van der Waals surface area contributed by atoms with E-state index in [1.807, 2.05) is 11.8 Å². The Labute approximate surface area is 109 Å². The highest BCUT2D eigenvalue weighted by atomic mass is 32.2. The maximum absolute atomic E-state index is 3.71. The van der Waals surface area contributed by atoms with Crippen LogP contribution in [0.2, 0.25) is 0 Å². The van der Waals surface area contributed by atoms with E-state index in [0.717, 1.165) is 12.0 Å². The fourth-order valence-electron chi connectivity index (χ4n) is 2.57. The molecule has 0 aromatic heterocycles. The maximum Gasteiger partial charge on any atom is 0.0132 e. The second-order valence-electron chi connectivity index (χ2n) is 5.30. The molecule has 1 nitrogen and oxygen atoms in total. The summed E-state index contributed by atoms with van der Waals surface area (Å²) in [6.07, 6.45) is 4.79. The van der Waals surface area contributed by atoms with Crippen LogP contribution in [0.4, 0.5) is 0 Å². The molecule has 0 aliphatic heterocycles. The fourth-order valence-corrected chi connectivity index (χ4v) is 3.16. The minimum absolute atomic E-state index is 0.647. The summed E-state index contributed by atoms with van der Waals surface area (Å²) in [5.74, 6) is 2.00. The van der Waals surface area contributed by atoms with Gasteiger partial charge >= 0.3 is 0 Å². The normalized spacial score (nSPS) is 25.4. The third kappa shape index (κ3) is 3.49. The van der Waals surface area contributed by atoms with Gasteiger partial charge in [0.15, 0.2) is 0 Å². The smallest absolute Gasteiger partial charge is 0.0132 e. The van der Waals surface area contributed by atoms with Gasteiger partial charge in [-0.3, -0.25) is 0 Å². The monoisotopic (exact) mass is 249 g/mol. The van der Waals surface area contributed by atoms with Crippen LogP contribution in [0.3, 0.4) is 0 Å². The molecule has 1 aliphatic rings. The highest BCUT2D eigenvalue weighted by molar-refractivity contribution is 7.98. The topological polar surface area (TPSA) is 12.0 Å². The second-order valence-corrected chi connectivity index (χ2v) is 6.21. The Morgan fingerprint density at radius 3 is 2.53 bits per heavy atom. The number of hydrogen-bond donors (Lipinski definition) is 1. The van der Waals surface area contributed by atoms with Crippen molar-refractivity contribution < 1.29 is 0 Å². The van der Waals surface area contributed by atoms with E-state index in [-0.39, 0.29) is 0 Å². The van der Waals surface area contributed by atoms with Crippen LogP contribution in [0.1, 0.15) is 36.8 Å². The number of hydrogen-bond acceptors (Lipinski definition) is 2. The van der Waals surface area contributed by atoms with Gasteiger partial charge in [-0.15, -0.1) is 0 Å². The van der Waals surface area contributed by atoms with Crippen LogP contribution in [0.25, 0.3) is 0 Å². The summed E-state index contributed by atoms with van der Waals surface area (Å²) in [6, 6.07) is 10.4. The maximum atomic E-state index is 3.71. The Balaban J connectivity index is 1.77. The summed E-state index contributed by atoms with van der Waals surface area (Å²) in [5.41, 5.74) is 2.88. The van der Waals surface area contributed by atoms with Crippen LogP contribution in [-0.2, 0) is 0 Å². The predicted molar refractivity (Wildman–Crippen MR) is 77.9 cm³/mol. The Morgan fingerprint density at radius 2 is 1.94 bits per heavy atom. The molecule has 0 bridgehead atoms. The molecule has 1 atom stereocenters. The van der Waals surface area contributed by atoms with Gasteiger partial charge in [-0.05, 0) is 44.4 Å². The lowest BCUT2D eigenvalue weighted by Gasteiger charge is -2.38. The van der Waals surface area contributed by atoms with Gasteiger partial charge in [-0.1, -0.05) is 29.8 Å². The first kappa shape index (κ1) is 13.0. The van der Waals surface area contributed by atoms with E-state index in [2.05, 4.69) is 49.7 Å². The van der Waals surface area contributed by atoms with E-state index in [4.69, 9.17) is 0 Å². The summed E-state index contributed by atoms with van der Waals surface area (Å²) in [6.45, 7) is 4.44. The number of rotatable bonds is 5. The molecule has 1 fully saturated rings. The van der Waals surface area contributed by atoms with Crippen LogP contribution < -0.4 is 5.32 Å². The second kappa shape index (κ2) is 5.92. The zero-order valence-corrected chi connectivity index (χ0v) is 11.9. The van der Waals surface area contributed by atoms with Crippen LogP contribution >= 0.6 is 11.8 Å². The molecule has 1 unspecified atom stereocenters. The molecule has 1 aromatic rings. The van der Waals surface area contributed by atoms with E-state index in [1.54, 1.807) is 0 Å². The van der Waals surface area contributed by atoms with E-state index >= 15 is 0 Å². The van der Waals surface area contributed by atoms with Crippen LogP contribution in [-0.4, -0.2) is 24.1 Å². The van der Waals surface area contributed by atoms with Crippen molar-refractivity contribution in [3.63, 3.8) is 0 Å². The Bertz CT molecular complexity index is 340. The molecule has 1 saturated carbocycles. The lowest BCUT2D eigenvalue weighted by molar-refractivity contribution is 0.276. The van der Waals surface area contributed by atoms with E-state index in [9.17, 15) is 0 Å². The summed E-state index contributed by atoms with van der Waals surface area (Å²) >= 11 is 1.92. The van der Waals surface area contributed by atoms with Crippen molar-refractivity contribution in [2.45, 2.75) is 44.7 Å². The molecular weight excluding hydrogens is 226 g/mol. The molecule has 0 heterocycles. The molecule has 94 valence electrons. The van der Waals surface area contributed by atoms with Gasteiger partial charge < -0.3 is 5.32 Å². The van der Waals surface area contributed by atoms with Crippen molar-refractivity contribution in [3.05, 3.63) is 35.4 Å². The van der Waals surface area contributed by atoms with E-state index in [0.29, 0.717) is 6.04 Å². The van der Waals surface area contributed by atoms with Crippen LogP contribution in [0.15, 0.2) is 24.3 Å². The summed E-state index contributed by atoms with van der Waals surface area (Å²) < 4.78 is 0. The van der Waals surface area contributed by atoms with Gasteiger partial charge in [0.25, 0.3) is 0 Å². The lowest BCUT2D eigenvalue weighted by atomic mass is 9.75. The summed E-state index contributed by atoms with van der Waals surface area (Å²) in [5, 5.41) is 3.71. The minimum Gasteiger partial charge on any atom is -0.311 e. The molecule has 2 rings (SSSR count). The average Bonchev–Trinajstić information content (AvgIpc) is 2.25. The van der Waals surface area contributed by atoms with Crippen molar-refractivity contribution >= 4 is 11.8 Å². The standard InChI is InChI=1S/C15H23NS/c1-11-4-6-13(7-5-11)14-8-15(9-14)16-12(2)10-17-3/h4-7,12,14-16H,8-10H2,1-3H3. The van der Waals surface area contributed by atoms with Gasteiger partial charge in [0.05, 0.1) is 0 Å². The zero-order valence-electron chi connectivity index (χ0n) is 11.1. The van der Waals surface area contributed by atoms with Crippen LogP contribution in [0.5, 0.6) is 0 Å². The van der Waals surface area contributed by atoms with Gasteiger partial charge in [0.2, 0.25) is 0 Å². The zero-order chi connectivity index (χ0) is 12.3. The third-order valence-corrected chi connectivity index (χ3v) is 4.46. The fraction of sp³-hybridized carbons (Fsp3) is 0.600. The molecule has 2 heteroatoms. The van der Waals surface area contributed by atoms with E-state index in [1.165, 1.54) is 29.7 Å². The first-order chi connectivity index (χ1) is 8.19. The summed E-state index contributed by atoms with van der Waals surface area (Å²) in [7, 11) is 0. The molecule has 0 amide bonds. The molecule has 17 heavy (non-hydrogen) atoms. The summed E-state index contributed by atoms with van der Waals surface area (Å²) in [4.78, 5) is 0. The first-order valence-electron chi connectivity index (χ1n) is 6.50. The molecule has 0 radical (unpaired) electrons. The van der Waals surface area contributed by atoms with Gasteiger partial charge in [0, 0.05) is 17.8 Å². The van der Waals surface area contributed by atoms with E-state index < -0.39 is 0 Å². The first-order valence-corrected chi connectivity index (χ1v) is 7.90. The van der Waals surface area contributed by atoms with Crippen molar-refractivity contribution in [2.75, 3.05) is 12.0 Å². The quantitative estimate of drug-likeness (QED) is 0.856. The Kier molecular flexibility index (Phi) is 4.52.